The van der Waals surface area contributed by atoms with E-state index in [2.05, 4.69) is 6.92 Å². The van der Waals surface area contributed by atoms with E-state index in [1.165, 1.54) is 64.2 Å². The van der Waals surface area contributed by atoms with Gasteiger partial charge in [-0.2, -0.15) is 0 Å². The average Bonchev–Trinajstić information content (AvgIpc) is 2.39. The van der Waals surface area contributed by atoms with Crippen molar-refractivity contribution < 1.29 is 35.7 Å². The highest BCUT2D eigenvalue weighted by atomic mass is 16.8. The molecule has 0 heterocycles. The normalized spacial score (nSPS) is 12.0. The molecule has 7 nitrogen and oxygen atoms in total. The van der Waals surface area contributed by atoms with Crippen LogP contribution < -0.4 is 0 Å². The van der Waals surface area contributed by atoms with Gasteiger partial charge in [0.15, 0.2) is 0 Å². The predicted molar refractivity (Wildman–Crippen MR) is 82.3 cm³/mol. The van der Waals surface area contributed by atoms with Crippen molar-refractivity contribution in [2.45, 2.75) is 89.5 Å². The molecule has 0 saturated carbocycles. The second-order valence-corrected chi connectivity index (χ2v) is 5.53. The summed E-state index contributed by atoms with van der Waals surface area (Å²) < 4.78 is 0. The maximum atomic E-state index is 8.59. The molecule has 0 radical (unpaired) electrons. The van der Waals surface area contributed by atoms with Gasteiger partial charge in [-0.05, 0) is 6.42 Å². The van der Waals surface area contributed by atoms with Crippen LogP contribution >= 0.6 is 0 Å². The monoisotopic (exact) mass is 326 g/mol. The molecular weight excluding hydrogens is 292 g/mol. The Hall–Kier alpha value is -0.280. The first-order chi connectivity index (χ1) is 10.2. The predicted octanol–water partition coefficient (Wildman–Crippen LogP) is 0.538. The van der Waals surface area contributed by atoms with E-state index in [0.29, 0.717) is 6.61 Å². The van der Waals surface area contributed by atoms with Gasteiger partial charge in [-0.25, -0.2) is 0 Å². The van der Waals surface area contributed by atoms with Gasteiger partial charge in [-0.15, -0.1) is 0 Å². The van der Waals surface area contributed by atoms with Gasteiger partial charge in [0, 0.05) is 6.61 Å². The lowest BCUT2D eigenvalue weighted by atomic mass is 10.1. The molecule has 0 spiro atoms. The van der Waals surface area contributed by atoms with E-state index >= 15 is 0 Å². The van der Waals surface area contributed by atoms with E-state index in [1.54, 1.807) is 0 Å². The van der Waals surface area contributed by atoms with Crippen LogP contribution in [0.5, 0.6) is 0 Å². The summed E-state index contributed by atoms with van der Waals surface area (Å²) in [5, 5.41) is 54.9. The average molecular weight is 326 g/mol. The van der Waals surface area contributed by atoms with Crippen molar-refractivity contribution >= 4 is 0 Å². The molecule has 0 rings (SSSR count). The minimum Gasteiger partial charge on any atom is -0.396 e. The van der Waals surface area contributed by atoms with E-state index in [-0.39, 0.29) is 0 Å². The first kappa shape index (κ1) is 24.0. The van der Waals surface area contributed by atoms with Gasteiger partial charge < -0.3 is 35.7 Å². The largest absolute Gasteiger partial charge is 0.396 e. The number of unbranched alkanes of at least 4 members (excludes halogenated alkanes) is 10. The first-order valence-electron chi connectivity index (χ1n) is 8.11. The zero-order valence-electron chi connectivity index (χ0n) is 13.6. The van der Waals surface area contributed by atoms with E-state index < -0.39 is 11.9 Å². The van der Waals surface area contributed by atoms with Crippen molar-refractivity contribution in [1.82, 2.24) is 0 Å². The van der Waals surface area contributed by atoms with Crippen LogP contribution in [-0.4, -0.2) is 54.3 Å². The van der Waals surface area contributed by atoms with Crippen molar-refractivity contribution in [3.05, 3.63) is 0 Å². The molecule has 0 aromatic heterocycles. The summed E-state index contributed by atoms with van der Waals surface area (Å²) in [7, 11) is 0. The molecule has 0 bridgehead atoms. The highest BCUT2D eigenvalue weighted by molar-refractivity contribution is 4.54. The van der Waals surface area contributed by atoms with Gasteiger partial charge in [0.05, 0.1) is 0 Å². The van der Waals surface area contributed by atoms with Crippen LogP contribution in [0.4, 0.5) is 0 Å². The van der Waals surface area contributed by atoms with E-state index in [1.807, 2.05) is 0 Å². The Morgan fingerprint density at radius 2 is 0.773 bits per heavy atom. The van der Waals surface area contributed by atoms with Crippen molar-refractivity contribution in [2.24, 2.45) is 0 Å². The Morgan fingerprint density at radius 3 is 1.00 bits per heavy atom. The summed E-state index contributed by atoms with van der Waals surface area (Å²) in [6.07, 6.45) is 14.8. The molecule has 0 aliphatic carbocycles. The lowest BCUT2D eigenvalue weighted by Gasteiger charge is -2.23. The fraction of sp³-hybridized carbons (Fsp3) is 1.00. The lowest BCUT2D eigenvalue weighted by molar-refractivity contribution is -0.512. The summed E-state index contributed by atoms with van der Waals surface area (Å²) in [6, 6.07) is 0. The van der Waals surface area contributed by atoms with Crippen LogP contribution in [0, 0.1) is 0 Å². The van der Waals surface area contributed by atoms with Gasteiger partial charge in [0.25, 0.3) is 0 Å². The smallest absolute Gasteiger partial charge is 0.362 e. The Balaban J connectivity index is 0. The third-order valence-electron chi connectivity index (χ3n) is 3.21. The highest BCUT2D eigenvalue weighted by Crippen LogP contribution is 2.11. The minimum absolute atomic E-state index is 0.372. The fourth-order valence-corrected chi connectivity index (χ4v) is 1.78. The molecule has 0 saturated heterocycles. The number of hydrogen-bond acceptors (Lipinski definition) is 7. The summed E-state index contributed by atoms with van der Waals surface area (Å²) >= 11 is 0. The fourth-order valence-electron chi connectivity index (χ4n) is 1.78. The van der Waals surface area contributed by atoms with Crippen LogP contribution in [0.1, 0.15) is 77.6 Å². The summed E-state index contributed by atoms with van der Waals surface area (Å²) in [4.78, 5) is 0. The van der Waals surface area contributed by atoms with Gasteiger partial charge >= 0.3 is 11.9 Å². The van der Waals surface area contributed by atoms with E-state index in [9.17, 15) is 0 Å². The van der Waals surface area contributed by atoms with Crippen LogP contribution in [0.15, 0.2) is 0 Å². The highest BCUT2D eigenvalue weighted by Gasteiger charge is 2.44. The zero-order valence-corrected chi connectivity index (χ0v) is 13.6. The molecule has 0 fully saturated rings. The van der Waals surface area contributed by atoms with Crippen molar-refractivity contribution in [3.63, 3.8) is 0 Å². The molecule has 0 atom stereocenters. The Kier molecular flexibility index (Phi) is 15.6. The maximum absolute atomic E-state index is 8.59. The molecule has 0 aliphatic heterocycles. The van der Waals surface area contributed by atoms with Gasteiger partial charge in [-0.1, -0.05) is 71.1 Å². The zero-order chi connectivity index (χ0) is 17.5. The topological polar surface area (TPSA) is 142 Å². The Bertz CT molecular complexity index is 197. The van der Waals surface area contributed by atoms with Crippen LogP contribution in [-0.2, 0) is 0 Å². The van der Waals surface area contributed by atoms with E-state index in [0.717, 1.165) is 6.42 Å². The summed E-state index contributed by atoms with van der Waals surface area (Å²) in [5.74, 6) is -7.79. The molecule has 22 heavy (non-hydrogen) atoms. The molecule has 0 aromatic rings. The second kappa shape index (κ2) is 14.3. The second-order valence-electron chi connectivity index (χ2n) is 5.53. The van der Waals surface area contributed by atoms with Gasteiger partial charge in [0.2, 0.25) is 0 Å². The molecule has 7 heteroatoms. The Labute approximate surface area is 132 Å². The standard InChI is InChI=1S/C13H28O.C2H6O6/c1-2-3-4-5-6-7-8-9-10-11-12-13-14;3-1(4,5)2(6,7)8/h14H,2-13H2,1H3;3-8H. The van der Waals surface area contributed by atoms with Crippen molar-refractivity contribution in [1.29, 1.82) is 0 Å². The van der Waals surface area contributed by atoms with Gasteiger partial charge in [-0.3, -0.25) is 0 Å². The Morgan fingerprint density at radius 1 is 0.500 bits per heavy atom. The third kappa shape index (κ3) is 17.8. The van der Waals surface area contributed by atoms with E-state index in [4.69, 9.17) is 35.7 Å². The minimum atomic E-state index is -3.90. The molecule has 136 valence electrons. The molecule has 7 N–H and O–H groups in total. The molecular formula is C15H34O7. The summed E-state index contributed by atoms with van der Waals surface area (Å²) in [5.41, 5.74) is 0. The quantitative estimate of drug-likeness (QED) is 0.205. The number of aliphatic hydroxyl groups excluding tert-OH is 1. The maximum Gasteiger partial charge on any atom is 0.362 e. The lowest BCUT2D eigenvalue weighted by Crippen LogP contribution is -2.54. The number of aliphatic hydroxyl groups is 7. The first-order valence-corrected chi connectivity index (χ1v) is 8.11. The van der Waals surface area contributed by atoms with Crippen molar-refractivity contribution in [3.8, 4) is 0 Å². The van der Waals surface area contributed by atoms with Crippen LogP contribution in [0.2, 0.25) is 0 Å². The van der Waals surface area contributed by atoms with Crippen LogP contribution in [0.25, 0.3) is 0 Å². The summed E-state index contributed by atoms with van der Waals surface area (Å²) in [6.45, 7) is 2.64. The SMILES string of the molecule is CCCCCCCCCCCCCO.OC(O)(O)C(O)(O)O. The molecule has 0 aromatic carbocycles. The molecule has 0 unspecified atom stereocenters. The van der Waals surface area contributed by atoms with Crippen LogP contribution in [0.3, 0.4) is 0 Å². The van der Waals surface area contributed by atoms with Gasteiger partial charge in [0.1, 0.15) is 0 Å². The number of hydrogen-bond donors (Lipinski definition) is 7. The number of rotatable bonds is 12. The third-order valence-corrected chi connectivity index (χ3v) is 3.21. The van der Waals surface area contributed by atoms with Crippen molar-refractivity contribution in [2.75, 3.05) is 6.61 Å². The molecule has 0 amide bonds. The molecule has 0 aliphatic rings.